The zero-order valence-corrected chi connectivity index (χ0v) is 12.9. The van der Waals surface area contributed by atoms with Gasteiger partial charge in [-0.05, 0) is 48.0 Å². The zero-order chi connectivity index (χ0) is 14.0. The molecule has 0 fully saturated rings. The van der Waals surface area contributed by atoms with Gasteiger partial charge in [-0.25, -0.2) is 4.98 Å². The number of carbonyl (C=O) groups is 1. The third kappa shape index (κ3) is 3.16. The average molecular weight is 343 g/mol. The monoisotopic (exact) mass is 341 g/mol. The van der Waals surface area contributed by atoms with Crippen LogP contribution in [0.3, 0.4) is 0 Å². The van der Waals surface area contributed by atoms with Crippen molar-refractivity contribution < 1.29 is 4.79 Å². The summed E-state index contributed by atoms with van der Waals surface area (Å²) in [6.07, 6.45) is 1.88. The number of carbonyl (C=O) groups excluding carboxylic acids is 1. The Morgan fingerprint density at radius 1 is 1.53 bits per heavy atom. The molecular weight excluding hydrogens is 330 g/mol. The quantitative estimate of drug-likeness (QED) is 0.861. The van der Waals surface area contributed by atoms with E-state index in [2.05, 4.69) is 26.2 Å². The lowest BCUT2D eigenvalue weighted by Crippen LogP contribution is -2.17. The fourth-order valence-corrected chi connectivity index (χ4v) is 2.43. The van der Waals surface area contributed by atoms with Crippen LogP contribution >= 0.6 is 27.5 Å². The average Bonchev–Trinajstić information content (AvgIpc) is 2.74. The summed E-state index contributed by atoms with van der Waals surface area (Å²) in [5, 5.41) is 3.25. The van der Waals surface area contributed by atoms with Crippen molar-refractivity contribution in [1.82, 2.24) is 9.55 Å². The smallest absolute Gasteiger partial charge is 0.272 e. The molecule has 4 nitrogen and oxygen atoms in total. The molecule has 0 radical (unpaired) electrons. The van der Waals surface area contributed by atoms with Crippen LogP contribution in [0.5, 0.6) is 0 Å². The van der Waals surface area contributed by atoms with E-state index in [4.69, 9.17) is 11.6 Å². The largest absolute Gasteiger partial charge is 0.343 e. The highest BCUT2D eigenvalue weighted by atomic mass is 79.9. The maximum atomic E-state index is 12.2. The first-order valence-corrected chi connectivity index (χ1v) is 6.98. The van der Waals surface area contributed by atoms with Crippen LogP contribution < -0.4 is 5.32 Å². The Kier molecular flexibility index (Phi) is 4.27. The second-order valence-electron chi connectivity index (χ2n) is 4.05. The predicted octanol–water partition coefficient (Wildman–Crippen LogP) is 3.88. The van der Waals surface area contributed by atoms with Gasteiger partial charge < -0.3 is 9.88 Å². The number of pyridine rings is 1. The van der Waals surface area contributed by atoms with E-state index >= 15 is 0 Å². The van der Waals surface area contributed by atoms with Crippen molar-refractivity contribution in [3.8, 4) is 0 Å². The SMILES string of the molecule is CCn1cc(Br)cc1C(=O)Nc1ccc(Cl)nc1C. The molecule has 2 heterocycles. The fourth-order valence-electron chi connectivity index (χ4n) is 1.78. The molecule has 0 aromatic carbocycles. The van der Waals surface area contributed by atoms with Gasteiger partial charge in [0, 0.05) is 17.2 Å². The molecule has 0 aliphatic rings. The van der Waals surface area contributed by atoms with Gasteiger partial charge in [0.25, 0.3) is 5.91 Å². The molecule has 0 saturated heterocycles. The summed E-state index contributed by atoms with van der Waals surface area (Å²) in [6.45, 7) is 4.51. The van der Waals surface area contributed by atoms with E-state index < -0.39 is 0 Å². The maximum Gasteiger partial charge on any atom is 0.272 e. The van der Waals surface area contributed by atoms with Crippen molar-refractivity contribution >= 4 is 39.1 Å². The summed E-state index contributed by atoms with van der Waals surface area (Å²) in [5.41, 5.74) is 1.95. The molecule has 0 atom stereocenters. The molecule has 0 bridgehead atoms. The number of aryl methyl sites for hydroxylation is 2. The van der Waals surface area contributed by atoms with Crippen molar-refractivity contribution in [2.45, 2.75) is 20.4 Å². The van der Waals surface area contributed by atoms with Crippen LogP contribution in [0, 0.1) is 6.92 Å². The highest BCUT2D eigenvalue weighted by Gasteiger charge is 2.13. The van der Waals surface area contributed by atoms with Gasteiger partial charge in [0.2, 0.25) is 0 Å². The minimum Gasteiger partial charge on any atom is -0.343 e. The Morgan fingerprint density at radius 3 is 2.89 bits per heavy atom. The molecule has 2 aromatic rings. The Bertz CT molecular complexity index is 624. The van der Waals surface area contributed by atoms with Crippen molar-refractivity contribution in [2.75, 3.05) is 5.32 Å². The molecule has 100 valence electrons. The lowest BCUT2D eigenvalue weighted by atomic mass is 10.3. The Hall–Kier alpha value is -1.33. The highest BCUT2D eigenvalue weighted by molar-refractivity contribution is 9.10. The molecule has 19 heavy (non-hydrogen) atoms. The predicted molar refractivity (Wildman–Crippen MR) is 79.7 cm³/mol. The number of hydrogen-bond acceptors (Lipinski definition) is 2. The first-order valence-electron chi connectivity index (χ1n) is 5.81. The first kappa shape index (κ1) is 14.1. The van der Waals surface area contributed by atoms with Gasteiger partial charge in [0.05, 0.1) is 11.4 Å². The second kappa shape index (κ2) is 5.75. The number of nitrogens with one attached hydrogen (secondary N) is 1. The molecule has 0 unspecified atom stereocenters. The van der Waals surface area contributed by atoms with Crippen LogP contribution in [0.2, 0.25) is 5.15 Å². The number of rotatable bonds is 3. The summed E-state index contributed by atoms with van der Waals surface area (Å²) in [7, 11) is 0. The van der Waals surface area contributed by atoms with E-state index in [0.717, 1.165) is 11.0 Å². The Morgan fingerprint density at radius 2 is 2.26 bits per heavy atom. The Labute approximate surface area is 124 Å². The number of hydrogen-bond donors (Lipinski definition) is 1. The minimum absolute atomic E-state index is 0.167. The molecule has 1 N–H and O–H groups in total. The van der Waals surface area contributed by atoms with Crippen molar-refractivity contribution in [3.05, 3.63) is 45.4 Å². The molecule has 2 aromatic heterocycles. The van der Waals surface area contributed by atoms with Crippen LogP contribution in [0.25, 0.3) is 0 Å². The molecule has 0 spiro atoms. The van der Waals surface area contributed by atoms with Gasteiger partial charge >= 0.3 is 0 Å². The highest BCUT2D eigenvalue weighted by Crippen LogP contribution is 2.19. The Balaban J connectivity index is 2.25. The van der Waals surface area contributed by atoms with Gasteiger partial charge in [0.15, 0.2) is 0 Å². The number of amides is 1. The third-order valence-corrected chi connectivity index (χ3v) is 3.38. The molecule has 1 amide bonds. The van der Waals surface area contributed by atoms with E-state index in [1.54, 1.807) is 25.1 Å². The number of nitrogens with zero attached hydrogens (tertiary/aromatic N) is 2. The van der Waals surface area contributed by atoms with Gasteiger partial charge in [-0.2, -0.15) is 0 Å². The van der Waals surface area contributed by atoms with Gasteiger partial charge in [-0.1, -0.05) is 11.6 Å². The number of anilines is 1. The van der Waals surface area contributed by atoms with Crippen LogP contribution in [-0.2, 0) is 6.54 Å². The van der Waals surface area contributed by atoms with Crippen LogP contribution in [0.15, 0.2) is 28.9 Å². The van der Waals surface area contributed by atoms with Crippen LogP contribution in [0.4, 0.5) is 5.69 Å². The summed E-state index contributed by atoms with van der Waals surface area (Å²) in [5.74, 6) is -0.167. The van der Waals surface area contributed by atoms with Crippen LogP contribution in [-0.4, -0.2) is 15.5 Å². The summed E-state index contributed by atoms with van der Waals surface area (Å²) in [4.78, 5) is 16.3. The van der Waals surface area contributed by atoms with Gasteiger partial charge in [0.1, 0.15) is 10.8 Å². The third-order valence-electron chi connectivity index (χ3n) is 2.74. The second-order valence-corrected chi connectivity index (χ2v) is 5.35. The van der Waals surface area contributed by atoms with Crippen molar-refractivity contribution in [1.29, 1.82) is 0 Å². The number of aromatic nitrogens is 2. The number of halogens is 2. The fraction of sp³-hybridized carbons (Fsp3) is 0.231. The van der Waals surface area contributed by atoms with E-state index in [1.165, 1.54) is 0 Å². The summed E-state index contributed by atoms with van der Waals surface area (Å²) >= 11 is 9.16. The lowest BCUT2D eigenvalue weighted by molar-refractivity contribution is 0.101. The summed E-state index contributed by atoms with van der Waals surface area (Å²) in [6, 6.07) is 5.19. The molecular formula is C13H13BrClN3O. The molecule has 0 saturated carbocycles. The van der Waals surface area contributed by atoms with E-state index in [0.29, 0.717) is 22.2 Å². The van der Waals surface area contributed by atoms with E-state index in [9.17, 15) is 4.79 Å². The molecule has 0 aliphatic heterocycles. The molecule has 0 aliphatic carbocycles. The zero-order valence-electron chi connectivity index (χ0n) is 10.6. The summed E-state index contributed by atoms with van der Waals surface area (Å²) < 4.78 is 2.75. The molecule has 2 rings (SSSR count). The van der Waals surface area contributed by atoms with Gasteiger partial charge in [-0.3, -0.25) is 4.79 Å². The normalized spacial score (nSPS) is 10.5. The van der Waals surface area contributed by atoms with Gasteiger partial charge in [-0.15, -0.1) is 0 Å². The van der Waals surface area contributed by atoms with E-state index in [1.807, 2.05) is 17.7 Å². The molecule has 6 heteroatoms. The topological polar surface area (TPSA) is 46.9 Å². The minimum atomic E-state index is -0.167. The standard InChI is InChI=1S/C13H13BrClN3O/c1-3-18-7-9(14)6-11(18)13(19)17-10-4-5-12(15)16-8(10)2/h4-7H,3H2,1-2H3,(H,17,19). The van der Waals surface area contributed by atoms with Crippen molar-refractivity contribution in [2.24, 2.45) is 0 Å². The first-order chi connectivity index (χ1) is 9.01. The lowest BCUT2D eigenvalue weighted by Gasteiger charge is -2.09. The van der Waals surface area contributed by atoms with E-state index in [-0.39, 0.29) is 5.91 Å². The van der Waals surface area contributed by atoms with Crippen molar-refractivity contribution in [3.63, 3.8) is 0 Å². The maximum absolute atomic E-state index is 12.2. The van der Waals surface area contributed by atoms with Crippen LogP contribution in [0.1, 0.15) is 23.1 Å².